The molecular weight excluding hydrogens is 264 g/mol. The van der Waals surface area contributed by atoms with Gasteiger partial charge in [-0.05, 0) is 12.1 Å². The zero-order valence-corrected chi connectivity index (χ0v) is 10.9. The molecule has 2 rings (SSSR count). The summed E-state index contributed by atoms with van der Waals surface area (Å²) in [5.74, 6) is -1.06. The van der Waals surface area contributed by atoms with E-state index in [4.69, 9.17) is 9.52 Å². The Balaban J connectivity index is 1.97. The van der Waals surface area contributed by atoms with Gasteiger partial charge in [-0.3, -0.25) is 14.4 Å². The fourth-order valence-corrected chi connectivity index (χ4v) is 2.21. The number of amides is 2. The van der Waals surface area contributed by atoms with Gasteiger partial charge in [0, 0.05) is 25.9 Å². The van der Waals surface area contributed by atoms with Gasteiger partial charge in [-0.15, -0.1) is 0 Å². The lowest BCUT2D eigenvalue weighted by atomic mass is 10.1. The molecule has 1 unspecified atom stereocenters. The van der Waals surface area contributed by atoms with Crippen LogP contribution < -0.4 is 5.32 Å². The van der Waals surface area contributed by atoms with Crippen LogP contribution in [-0.4, -0.2) is 46.9 Å². The van der Waals surface area contributed by atoms with E-state index in [1.165, 1.54) is 11.2 Å². The number of hydrogen-bond donors (Lipinski definition) is 2. The smallest absolute Gasteiger partial charge is 0.305 e. The van der Waals surface area contributed by atoms with Gasteiger partial charge in [0.25, 0.3) is 0 Å². The van der Waals surface area contributed by atoms with E-state index in [0.717, 1.165) is 0 Å². The van der Waals surface area contributed by atoms with Crippen LogP contribution in [-0.2, 0) is 20.8 Å². The summed E-state index contributed by atoms with van der Waals surface area (Å²) < 4.78 is 5.14. The zero-order valence-electron chi connectivity index (χ0n) is 10.9. The molecule has 7 heteroatoms. The summed E-state index contributed by atoms with van der Waals surface area (Å²) in [4.78, 5) is 36.0. The Hall–Kier alpha value is -2.31. The largest absolute Gasteiger partial charge is 0.481 e. The van der Waals surface area contributed by atoms with E-state index in [2.05, 4.69) is 5.32 Å². The SMILES string of the molecule is O=C(O)CC1C(=O)NCCN1C(=O)CCc1ccco1. The first kappa shape index (κ1) is 14.1. The molecule has 0 spiro atoms. The van der Waals surface area contributed by atoms with Crippen LogP contribution in [0.5, 0.6) is 0 Å². The van der Waals surface area contributed by atoms with E-state index >= 15 is 0 Å². The van der Waals surface area contributed by atoms with Gasteiger partial charge in [0.2, 0.25) is 11.8 Å². The van der Waals surface area contributed by atoms with Crippen molar-refractivity contribution in [3.63, 3.8) is 0 Å². The van der Waals surface area contributed by atoms with Gasteiger partial charge in [-0.25, -0.2) is 0 Å². The third-order valence-corrected chi connectivity index (χ3v) is 3.18. The average molecular weight is 280 g/mol. The number of nitrogens with one attached hydrogen (secondary N) is 1. The number of carboxylic acid groups (broad SMARTS) is 1. The lowest BCUT2D eigenvalue weighted by Gasteiger charge is -2.34. The van der Waals surface area contributed by atoms with E-state index in [-0.39, 0.29) is 18.7 Å². The standard InChI is InChI=1S/C13H16N2O5/c16-11(4-3-9-2-1-7-20-9)15-6-5-14-13(19)10(15)8-12(17)18/h1-2,7,10H,3-6,8H2,(H,14,19)(H,17,18). The summed E-state index contributed by atoms with van der Waals surface area (Å²) in [5.41, 5.74) is 0. The number of piperazine rings is 1. The van der Waals surface area contributed by atoms with E-state index in [0.29, 0.717) is 25.3 Å². The minimum atomic E-state index is -1.10. The normalized spacial score (nSPS) is 18.7. The number of carbonyl (C=O) groups is 3. The number of carboxylic acids is 1. The fraction of sp³-hybridized carbons (Fsp3) is 0.462. The van der Waals surface area contributed by atoms with Crippen molar-refractivity contribution in [3.05, 3.63) is 24.2 Å². The molecule has 1 saturated heterocycles. The van der Waals surface area contributed by atoms with E-state index in [1.807, 2.05) is 0 Å². The van der Waals surface area contributed by atoms with E-state index in [9.17, 15) is 14.4 Å². The van der Waals surface area contributed by atoms with Crippen LogP contribution in [0.15, 0.2) is 22.8 Å². The highest BCUT2D eigenvalue weighted by molar-refractivity contribution is 5.91. The van der Waals surface area contributed by atoms with Crippen molar-refractivity contribution >= 4 is 17.8 Å². The molecule has 2 amide bonds. The Bertz CT molecular complexity index is 497. The van der Waals surface area contributed by atoms with Crippen LogP contribution in [0.1, 0.15) is 18.6 Å². The quantitative estimate of drug-likeness (QED) is 0.791. The minimum absolute atomic E-state index is 0.191. The van der Waals surface area contributed by atoms with Gasteiger partial charge in [-0.1, -0.05) is 0 Å². The maximum atomic E-state index is 12.1. The molecule has 1 fully saturated rings. The summed E-state index contributed by atoms with van der Waals surface area (Å²) in [7, 11) is 0. The highest BCUT2D eigenvalue weighted by atomic mass is 16.4. The number of nitrogens with zero attached hydrogens (tertiary/aromatic N) is 1. The molecule has 7 nitrogen and oxygen atoms in total. The summed E-state index contributed by atoms with van der Waals surface area (Å²) in [6, 6.07) is 2.58. The third-order valence-electron chi connectivity index (χ3n) is 3.18. The molecule has 1 aliphatic rings. The molecule has 1 aliphatic heterocycles. The van der Waals surface area contributed by atoms with Crippen molar-refractivity contribution in [3.8, 4) is 0 Å². The molecule has 20 heavy (non-hydrogen) atoms. The first-order chi connectivity index (χ1) is 9.58. The summed E-state index contributed by atoms with van der Waals surface area (Å²) in [5, 5.41) is 11.4. The predicted molar refractivity (Wildman–Crippen MR) is 67.8 cm³/mol. The number of hydrogen-bond acceptors (Lipinski definition) is 4. The summed E-state index contributed by atoms with van der Waals surface area (Å²) in [6.07, 6.45) is 1.78. The molecule has 0 aliphatic carbocycles. The Morgan fingerprint density at radius 3 is 2.95 bits per heavy atom. The highest BCUT2D eigenvalue weighted by Crippen LogP contribution is 2.13. The number of rotatable bonds is 5. The summed E-state index contributed by atoms with van der Waals surface area (Å²) >= 11 is 0. The first-order valence-corrected chi connectivity index (χ1v) is 6.39. The Morgan fingerprint density at radius 1 is 1.50 bits per heavy atom. The van der Waals surface area contributed by atoms with Gasteiger partial charge in [0.1, 0.15) is 11.8 Å². The average Bonchev–Trinajstić information content (AvgIpc) is 2.91. The van der Waals surface area contributed by atoms with Gasteiger partial charge in [0.15, 0.2) is 0 Å². The van der Waals surface area contributed by atoms with Crippen LogP contribution in [0.4, 0.5) is 0 Å². The molecule has 1 aromatic rings. The molecule has 1 aromatic heterocycles. The van der Waals surface area contributed by atoms with Crippen molar-refractivity contribution in [2.75, 3.05) is 13.1 Å². The molecule has 2 heterocycles. The van der Waals surface area contributed by atoms with Crippen molar-refractivity contribution in [2.45, 2.75) is 25.3 Å². The predicted octanol–water partition coefficient (Wildman–Crippen LogP) is 0.0139. The second-order valence-electron chi connectivity index (χ2n) is 4.57. The van der Waals surface area contributed by atoms with Crippen LogP contribution >= 0.6 is 0 Å². The van der Waals surface area contributed by atoms with Gasteiger partial charge in [-0.2, -0.15) is 0 Å². The molecule has 108 valence electrons. The van der Waals surface area contributed by atoms with Gasteiger partial charge >= 0.3 is 5.97 Å². The fourth-order valence-electron chi connectivity index (χ4n) is 2.21. The minimum Gasteiger partial charge on any atom is -0.481 e. The Morgan fingerprint density at radius 2 is 2.30 bits per heavy atom. The molecule has 0 bridgehead atoms. The van der Waals surface area contributed by atoms with Crippen LogP contribution in [0.3, 0.4) is 0 Å². The number of carbonyl (C=O) groups excluding carboxylic acids is 2. The van der Waals surface area contributed by atoms with E-state index in [1.54, 1.807) is 12.1 Å². The molecule has 0 radical (unpaired) electrons. The first-order valence-electron chi connectivity index (χ1n) is 6.39. The number of furan rings is 1. The highest BCUT2D eigenvalue weighted by Gasteiger charge is 2.34. The Labute approximate surface area is 115 Å². The second-order valence-corrected chi connectivity index (χ2v) is 4.57. The molecule has 0 aromatic carbocycles. The molecule has 0 saturated carbocycles. The maximum absolute atomic E-state index is 12.1. The van der Waals surface area contributed by atoms with Gasteiger partial charge < -0.3 is 19.7 Å². The zero-order chi connectivity index (χ0) is 14.5. The van der Waals surface area contributed by atoms with E-state index < -0.39 is 17.9 Å². The van der Waals surface area contributed by atoms with Gasteiger partial charge in [0.05, 0.1) is 12.7 Å². The third kappa shape index (κ3) is 3.37. The lowest BCUT2D eigenvalue weighted by Crippen LogP contribution is -2.57. The molecular formula is C13H16N2O5. The van der Waals surface area contributed by atoms with Crippen molar-refractivity contribution in [1.29, 1.82) is 0 Å². The van der Waals surface area contributed by atoms with Crippen LogP contribution in [0, 0.1) is 0 Å². The topological polar surface area (TPSA) is 99.8 Å². The maximum Gasteiger partial charge on any atom is 0.305 e. The summed E-state index contributed by atoms with van der Waals surface area (Å²) in [6.45, 7) is 0.683. The van der Waals surface area contributed by atoms with Crippen LogP contribution in [0.25, 0.3) is 0 Å². The van der Waals surface area contributed by atoms with Crippen LogP contribution in [0.2, 0.25) is 0 Å². The van der Waals surface area contributed by atoms with Crippen molar-refractivity contribution in [1.82, 2.24) is 10.2 Å². The lowest BCUT2D eigenvalue weighted by molar-refractivity contribution is -0.148. The second kappa shape index (κ2) is 6.23. The Kier molecular flexibility index (Phi) is 4.39. The van der Waals surface area contributed by atoms with Crippen molar-refractivity contribution in [2.24, 2.45) is 0 Å². The molecule has 2 N–H and O–H groups in total. The van der Waals surface area contributed by atoms with Crippen molar-refractivity contribution < 1.29 is 23.9 Å². The number of aryl methyl sites for hydroxylation is 1. The number of aliphatic carboxylic acids is 1. The monoisotopic (exact) mass is 280 g/mol. The molecule has 1 atom stereocenters.